The lowest BCUT2D eigenvalue weighted by Gasteiger charge is -2.05. The van der Waals surface area contributed by atoms with E-state index in [1.165, 1.54) is 18.4 Å². The number of carbonyl (C=O) groups is 1. The predicted molar refractivity (Wildman–Crippen MR) is 56.2 cm³/mol. The van der Waals surface area contributed by atoms with Gasteiger partial charge in [-0.05, 0) is 18.2 Å². The van der Waals surface area contributed by atoms with Crippen molar-refractivity contribution in [2.45, 2.75) is 6.54 Å². The van der Waals surface area contributed by atoms with Gasteiger partial charge in [-0.1, -0.05) is 6.07 Å². The molecule has 18 heavy (non-hydrogen) atoms. The lowest BCUT2D eigenvalue weighted by atomic mass is 10.2. The molecule has 94 valence electrons. The molecule has 1 amide bonds. The van der Waals surface area contributed by atoms with Crippen LogP contribution < -0.4 is 5.32 Å². The minimum atomic E-state index is -1.56. The number of rotatable bonds is 3. The van der Waals surface area contributed by atoms with Gasteiger partial charge in [0, 0.05) is 12.1 Å². The average Bonchev–Trinajstić information content (AvgIpc) is 2.89. The van der Waals surface area contributed by atoms with Gasteiger partial charge in [-0.15, -0.1) is 0 Å². The second-order valence-electron chi connectivity index (χ2n) is 3.49. The van der Waals surface area contributed by atoms with E-state index in [0.717, 1.165) is 12.1 Å². The van der Waals surface area contributed by atoms with Gasteiger partial charge in [0.15, 0.2) is 23.2 Å². The van der Waals surface area contributed by atoms with E-state index >= 15 is 0 Å². The fourth-order valence-corrected chi connectivity index (χ4v) is 1.37. The summed E-state index contributed by atoms with van der Waals surface area (Å²) in [6, 6.07) is 4.81. The predicted octanol–water partition coefficient (Wildman–Crippen LogP) is 2.63. The van der Waals surface area contributed by atoms with Crippen molar-refractivity contribution < 1.29 is 22.4 Å². The summed E-state index contributed by atoms with van der Waals surface area (Å²) in [5.74, 6) is -4.65. The first-order valence-corrected chi connectivity index (χ1v) is 5.03. The van der Waals surface area contributed by atoms with E-state index in [2.05, 4.69) is 5.32 Å². The second kappa shape index (κ2) is 4.95. The van der Waals surface area contributed by atoms with Gasteiger partial charge in [0.2, 0.25) is 0 Å². The number of furan rings is 1. The Morgan fingerprint density at radius 3 is 2.61 bits per heavy atom. The molecule has 2 aromatic rings. The highest BCUT2D eigenvalue weighted by Crippen LogP contribution is 2.15. The molecule has 3 nitrogen and oxygen atoms in total. The Morgan fingerprint density at radius 1 is 1.17 bits per heavy atom. The molecule has 0 saturated carbocycles. The van der Waals surface area contributed by atoms with Crippen molar-refractivity contribution >= 4 is 5.91 Å². The topological polar surface area (TPSA) is 42.2 Å². The van der Waals surface area contributed by atoms with Crippen LogP contribution in [0, 0.1) is 17.5 Å². The Kier molecular flexibility index (Phi) is 3.36. The van der Waals surface area contributed by atoms with Crippen LogP contribution in [-0.2, 0) is 6.54 Å². The summed E-state index contributed by atoms with van der Waals surface area (Å²) in [7, 11) is 0. The zero-order chi connectivity index (χ0) is 13.1. The first kappa shape index (κ1) is 12.2. The van der Waals surface area contributed by atoms with E-state index in [0.29, 0.717) is 0 Å². The number of nitrogens with one attached hydrogen (secondary N) is 1. The lowest BCUT2D eigenvalue weighted by molar-refractivity contribution is 0.0922. The molecule has 0 aliphatic heterocycles. The molecule has 1 heterocycles. The monoisotopic (exact) mass is 255 g/mol. The Morgan fingerprint density at radius 2 is 1.94 bits per heavy atom. The van der Waals surface area contributed by atoms with Crippen LogP contribution in [0.1, 0.15) is 16.1 Å². The van der Waals surface area contributed by atoms with E-state index in [1.54, 1.807) is 0 Å². The van der Waals surface area contributed by atoms with Crippen molar-refractivity contribution in [1.82, 2.24) is 5.32 Å². The van der Waals surface area contributed by atoms with Gasteiger partial charge in [-0.3, -0.25) is 4.79 Å². The molecule has 0 aliphatic rings. The van der Waals surface area contributed by atoms with Crippen LogP contribution >= 0.6 is 0 Å². The maximum Gasteiger partial charge on any atom is 0.287 e. The fourth-order valence-electron chi connectivity index (χ4n) is 1.37. The lowest BCUT2D eigenvalue weighted by Crippen LogP contribution is -2.23. The molecule has 0 aliphatic carbocycles. The van der Waals surface area contributed by atoms with E-state index in [9.17, 15) is 18.0 Å². The zero-order valence-corrected chi connectivity index (χ0v) is 9.04. The second-order valence-corrected chi connectivity index (χ2v) is 3.49. The largest absolute Gasteiger partial charge is 0.459 e. The number of hydrogen-bond donors (Lipinski definition) is 1. The third kappa shape index (κ3) is 2.37. The Hall–Kier alpha value is -2.24. The minimum absolute atomic E-state index is 0.0537. The van der Waals surface area contributed by atoms with E-state index in [1.807, 2.05) is 0 Å². The van der Waals surface area contributed by atoms with Gasteiger partial charge in [0.25, 0.3) is 5.91 Å². The van der Waals surface area contributed by atoms with Crippen molar-refractivity contribution in [3.8, 4) is 0 Å². The Balaban J connectivity index is 2.07. The molecule has 1 aromatic carbocycles. The Bertz CT molecular complexity index is 567. The van der Waals surface area contributed by atoms with Crippen LogP contribution in [0.4, 0.5) is 13.2 Å². The molecule has 2 rings (SSSR count). The van der Waals surface area contributed by atoms with Gasteiger partial charge < -0.3 is 9.73 Å². The van der Waals surface area contributed by atoms with Crippen molar-refractivity contribution in [1.29, 1.82) is 0 Å². The molecule has 1 N–H and O–H groups in total. The third-order valence-electron chi connectivity index (χ3n) is 2.30. The SMILES string of the molecule is O=C(NCc1ccc(F)c(F)c1F)c1ccco1. The summed E-state index contributed by atoms with van der Waals surface area (Å²) in [5, 5.41) is 2.33. The van der Waals surface area contributed by atoms with Crippen LogP contribution in [0.15, 0.2) is 34.9 Å². The summed E-state index contributed by atoms with van der Waals surface area (Å²) >= 11 is 0. The van der Waals surface area contributed by atoms with Gasteiger partial charge >= 0.3 is 0 Å². The maximum atomic E-state index is 13.3. The third-order valence-corrected chi connectivity index (χ3v) is 2.30. The molecule has 0 bridgehead atoms. The summed E-state index contributed by atoms with van der Waals surface area (Å²) in [6.45, 7) is -0.261. The highest BCUT2D eigenvalue weighted by Gasteiger charge is 2.14. The highest BCUT2D eigenvalue weighted by molar-refractivity contribution is 5.91. The van der Waals surface area contributed by atoms with Gasteiger partial charge in [-0.2, -0.15) is 0 Å². The molecule has 6 heteroatoms. The molecule has 0 spiro atoms. The number of benzene rings is 1. The van der Waals surface area contributed by atoms with Crippen molar-refractivity contribution in [2.24, 2.45) is 0 Å². The van der Waals surface area contributed by atoms with Crippen molar-refractivity contribution in [3.05, 3.63) is 59.3 Å². The first-order chi connectivity index (χ1) is 8.59. The number of amides is 1. The van der Waals surface area contributed by atoms with Crippen LogP contribution in [0.3, 0.4) is 0 Å². The summed E-state index contributed by atoms with van der Waals surface area (Å²) in [4.78, 5) is 11.4. The van der Waals surface area contributed by atoms with Gasteiger partial charge in [0.05, 0.1) is 6.26 Å². The molecule has 0 atom stereocenters. The van der Waals surface area contributed by atoms with Crippen LogP contribution in [0.2, 0.25) is 0 Å². The molecular formula is C12H8F3NO2. The first-order valence-electron chi connectivity index (χ1n) is 5.03. The Labute approximate surface area is 100 Å². The van der Waals surface area contributed by atoms with E-state index in [-0.39, 0.29) is 17.9 Å². The van der Waals surface area contributed by atoms with E-state index in [4.69, 9.17) is 4.42 Å². The van der Waals surface area contributed by atoms with Crippen LogP contribution in [-0.4, -0.2) is 5.91 Å². The van der Waals surface area contributed by atoms with Crippen LogP contribution in [0.5, 0.6) is 0 Å². The molecule has 0 radical (unpaired) electrons. The smallest absolute Gasteiger partial charge is 0.287 e. The van der Waals surface area contributed by atoms with Gasteiger partial charge in [-0.25, -0.2) is 13.2 Å². The van der Waals surface area contributed by atoms with Crippen LogP contribution in [0.25, 0.3) is 0 Å². The summed E-state index contributed by atoms with van der Waals surface area (Å²) in [5.41, 5.74) is -0.145. The normalized spacial score (nSPS) is 10.4. The van der Waals surface area contributed by atoms with E-state index < -0.39 is 23.4 Å². The molecule has 0 saturated heterocycles. The molecule has 1 aromatic heterocycles. The quantitative estimate of drug-likeness (QED) is 0.856. The highest BCUT2D eigenvalue weighted by atomic mass is 19.2. The maximum absolute atomic E-state index is 13.3. The number of halogens is 3. The standard InChI is InChI=1S/C12H8F3NO2/c13-8-4-3-7(10(14)11(8)15)6-16-12(17)9-2-1-5-18-9/h1-5H,6H2,(H,16,17). The molecule has 0 fully saturated rings. The summed E-state index contributed by atoms with van der Waals surface area (Å²) < 4.78 is 43.7. The zero-order valence-electron chi connectivity index (χ0n) is 9.04. The molecule has 0 unspecified atom stereocenters. The average molecular weight is 255 g/mol. The minimum Gasteiger partial charge on any atom is -0.459 e. The van der Waals surface area contributed by atoms with Crippen molar-refractivity contribution in [3.63, 3.8) is 0 Å². The van der Waals surface area contributed by atoms with Gasteiger partial charge in [0.1, 0.15) is 0 Å². The number of hydrogen-bond acceptors (Lipinski definition) is 2. The fraction of sp³-hybridized carbons (Fsp3) is 0.0833. The number of carbonyl (C=O) groups excluding carboxylic acids is 1. The summed E-state index contributed by atoms with van der Waals surface area (Å²) in [6.07, 6.45) is 1.31. The molecular weight excluding hydrogens is 247 g/mol. The van der Waals surface area contributed by atoms with Crippen molar-refractivity contribution in [2.75, 3.05) is 0 Å².